The Bertz CT molecular complexity index is 297. The minimum atomic E-state index is 0. The number of nitrogens with zero attached hydrogens (tertiary/aromatic N) is 1. The summed E-state index contributed by atoms with van der Waals surface area (Å²) in [4.78, 5) is 2.48. The molecule has 0 atom stereocenters. The average Bonchev–Trinajstić information content (AvgIpc) is 2.47. The summed E-state index contributed by atoms with van der Waals surface area (Å²) in [6.45, 7) is 6.76. The highest BCUT2D eigenvalue weighted by molar-refractivity contribution is 5.85. The third kappa shape index (κ3) is 3.85. The molecule has 1 aromatic rings. The highest BCUT2D eigenvalue weighted by Crippen LogP contribution is 2.19. The summed E-state index contributed by atoms with van der Waals surface area (Å²) in [5, 5.41) is 3.42. The van der Waals surface area contributed by atoms with Gasteiger partial charge in [0.05, 0.1) is 0 Å². The molecular formula is C12H20Cl2N2. The standard InChI is InChI=1S/C12H18N2.2ClH/c1-11-5-2-3-6-12(11)14-9-4-7-13-8-10-14;;/h2-3,5-6,13H,4,7-10H2,1H3;2*1H. The summed E-state index contributed by atoms with van der Waals surface area (Å²) >= 11 is 0. The first kappa shape index (κ1) is 15.6. The van der Waals surface area contributed by atoms with Crippen molar-refractivity contribution in [2.75, 3.05) is 31.1 Å². The van der Waals surface area contributed by atoms with Gasteiger partial charge in [0.15, 0.2) is 0 Å². The molecule has 2 nitrogen and oxygen atoms in total. The highest BCUT2D eigenvalue weighted by atomic mass is 35.5. The fourth-order valence-electron chi connectivity index (χ4n) is 2.00. The van der Waals surface area contributed by atoms with E-state index in [2.05, 4.69) is 41.4 Å². The second kappa shape index (κ2) is 7.77. The Morgan fingerprint density at radius 3 is 2.56 bits per heavy atom. The number of rotatable bonds is 1. The highest BCUT2D eigenvalue weighted by Gasteiger charge is 2.10. The van der Waals surface area contributed by atoms with Crippen molar-refractivity contribution in [3.05, 3.63) is 29.8 Å². The van der Waals surface area contributed by atoms with Gasteiger partial charge in [0, 0.05) is 25.3 Å². The van der Waals surface area contributed by atoms with Crippen molar-refractivity contribution in [3.8, 4) is 0 Å². The van der Waals surface area contributed by atoms with Crippen LogP contribution in [0.25, 0.3) is 0 Å². The molecule has 0 saturated carbocycles. The number of nitrogens with one attached hydrogen (secondary N) is 1. The second-order valence-corrected chi connectivity index (χ2v) is 3.88. The van der Waals surface area contributed by atoms with Crippen molar-refractivity contribution < 1.29 is 0 Å². The van der Waals surface area contributed by atoms with E-state index in [1.807, 2.05) is 0 Å². The van der Waals surface area contributed by atoms with Crippen molar-refractivity contribution in [2.24, 2.45) is 0 Å². The molecule has 0 amide bonds. The summed E-state index contributed by atoms with van der Waals surface area (Å²) in [5.41, 5.74) is 2.78. The van der Waals surface area contributed by atoms with E-state index in [0.29, 0.717) is 0 Å². The molecule has 16 heavy (non-hydrogen) atoms. The van der Waals surface area contributed by atoms with E-state index in [0.717, 1.165) is 19.6 Å². The van der Waals surface area contributed by atoms with Crippen molar-refractivity contribution in [1.82, 2.24) is 5.32 Å². The maximum Gasteiger partial charge on any atom is 0.0396 e. The monoisotopic (exact) mass is 262 g/mol. The van der Waals surface area contributed by atoms with Gasteiger partial charge in [-0.2, -0.15) is 0 Å². The van der Waals surface area contributed by atoms with Gasteiger partial charge >= 0.3 is 0 Å². The summed E-state index contributed by atoms with van der Waals surface area (Å²) in [6, 6.07) is 8.64. The molecule has 1 fully saturated rings. The maximum absolute atomic E-state index is 3.42. The lowest BCUT2D eigenvalue weighted by Gasteiger charge is -2.24. The lowest BCUT2D eigenvalue weighted by Crippen LogP contribution is -2.28. The number of benzene rings is 1. The summed E-state index contributed by atoms with van der Waals surface area (Å²) in [7, 11) is 0. The minimum Gasteiger partial charge on any atom is -0.370 e. The molecule has 1 N–H and O–H groups in total. The number of aryl methyl sites for hydroxylation is 1. The summed E-state index contributed by atoms with van der Waals surface area (Å²) < 4.78 is 0. The van der Waals surface area contributed by atoms with Crippen molar-refractivity contribution in [3.63, 3.8) is 0 Å². The molecule has 92 valence electrons. The van der Waals surface area contributed by atoms with E-state index in [-0.39, 0.29) is 24.8 Å². The molecule has 1 aliphatic heterocycles. The van der Waals surface area contributed by atoms with Gasteiger partial charge in [-0.1, -0.05) is 18.2 Å². The van der Waals surface area contributed by atoms with Crippen LogP contribution in [0.5, 0.6) is 0 Å². The lowest BCUT2D eigenvalue weighted by atomic mass is 10.2. The van der Waals surface area contributed by atoms with E-state index in [1.54, 1.807) is 0 Å². The first-order valence-electron chi connectivity index (χ1n) is 5.39. The van der Waals surface area contributed by atoms with E-state index in [4.69, 9.17) is 0 Å². The Morgan fingerprint density at radius 2 is 1.81 bits per heavy atom. The Morgan fingerprint density at radius 1 is 1.06 bits per heavy atom. The maximum atomic E-state index is 3.42. The van der Waals surface area contributed by atoms with Crippen LogP contribution in [0.15, 0.2) is 24.3 Å². The van der Waals surface area contributed by atoms with E-state index < -0.39 is 0 Å². The number of halogens is 2. The van der Waals surface area contributed by atoms with Gasteiger partial charge in [-0.25, -0.2) is 0 Å². The average molecular weight is 263 g/mol. The first-order valence-corrected chi connectivity index (χ1v) is 5.39. The third-order valence-electron chi connectivity index (χ3n) is 2.80. The van der Waals surface area contributed by atoms with Crippen LogP contribution in [0, 0.1) is 6.92 Å². The molecule has 0 aliphatic carbocycles. The molecule has 0 spiro atoms. The van der Waals surface area contributed by atoms with Crippen LogP contribution in [0.2, 0.25) is 0 Å². The van der Waals surface area contributed by atoms with Crippen LogP contribution in [0.1, 0.15) is 12.0 Å². The van der Waals surface area contributed by atoms with Crippen molar-refractivity contribution in [2.45, 2.75) is 13.3 Å². The predicted molar refractivity (Wildman–Crippen MR) is 75.4 cm³/mol. The lowest BCUT2D eigenvalue weighted by molar-refractivity contribution is 0.724. The van der Waals surface area contributed by atoms with Crippen LogP contribution in [0.3, 0.4) is 0 Å². The Labute approximate surface area is 110 Å². The van der Waals surface area contributed by atoms with Gasteiger partial charge < -0.3 is 10.2 Å². The van der Waals surface area contributed by atoms with Gasteiger partial charge in [0.25, 0.3) is 0 Å². The molecule has 1 aliphatic rings. The van der Waals surface area contributed by atoms with Gasteiger partial charge in [0.1, 0.15) is 0 Å². The van der Waals surface area contributed by atoms with Crippen LogP contribution in [-0.4, -0.2) is 26.2 Å². The van der Waals surface area contributed by atoms with Crippen LogP contribution >= 0.6 is 24.8 Å². The SMILES string of the molecule is Cc1ccccc1N1CCCNCC1.Cl.Cl. The Balaban J connectivity index is 0.00000112. The van der Waals surface area contributed by atoms with Crippen molar-refractivity contribution in [1.29, 1.82) is 0 Å². The number of para-hydroxylation sites is 1. The predicted octanol–water partition coefficient (Wildman–Crippen LogP) is 2.64. The fraction of sp³-hybridized carbons (Fsp3) is 0.500. The molecule has 0 unspecified atom stereocenters. The molecule has 0 aromatic heterocycles. The molecule has 0 bridgehead atoms. The minimum absolute atomic E-state index is 0. The molecule has 0 radical (unpaired) electrons. The van der Waals surface area contributed by atoms with Gasteiger partial charge in [-0.3, -0.25) is 0 Å². The zero-order valence-corrected chi connectivity index (χ0v) is 11.2. The number of hydrogen-bond donors (Lipinski definition) is 1. The topological polar surface area (TPSA) is 15.3 Å². The van der Waals surface area contributed by atoms with Crippen LogP contribution in [-0.2, 0) is 0 Å². The quantitative estimate of drug-likeness (QED) is 0.838. The smallest absolute Gasteiger partial charge is 0.0396 e. The molecule has 4 heteroatoms. The van der Waals surface area contributed by atoms with Crippen molar-refractivity contribution >= 4 is 30.5 Å². The van der Waals surface area contributed by atoms with Gasteiger partial charge in [-0.05, 0) is 31.5 Å². The Kier molecular flexibility index (Phi) is 7.56. The zero-order chi connectivity index (χ0) is 9.80. The molecule has 2 rings (SSSR count). The molecule has 1 saturated heterocycles. The van der Waals surface area contributed by atoms with Gasteiger partial charge in [-0.15, -0.1) is 24.8 Å². The Hall–Kier alpha value is -0.440. The van der Waals surface area contributed by atoms with E-state index in [1.165, 1.54) is 24.2 Å². The summed E-state index contributed by atoms with van der Waals surface area (Å²) in [6.07, 6.45) is 1.24. The van der Waals surface area contributed by atoms with E-state index in [9.17, 15) is 0 Å². The molecule has 1 heterocycles. The largest absolute Gasteiger partial charge is 0.370 e. The van der Waals surface area contributed by atoms with Crippen LogP contribution in [0.4, 0.5) is 5.69 Å². The molecule has 1 aromatic carbocycles. The van der Waals surface area contributed by atoms with Gasteiger partial charge in [0.2, 0.25) is 0 Å². The number of hydrogen-bond acceptors (Lipinski definition) is 2. The third-order valence-corrected chi connectivity index (χ3v) is 2.80. The van der Waals surface area contributed by atoms with E-state index >= 15 is 0 Å². The zero-order valence-electron chi connectivity index (χ0n) is 9.61. The fourth-order valence-corrected chi connectivity index (χ4v) is 2.00. The first-order chi connectivity index (χ1) is 6.88. The summed E-state index contributed by atoms with van der Waals surface area (Å²) in [5.74, 6) is 0. The molecular weight excluding hydrogens is 243 g/mol. The second-order valence-electron chi connectivity index (χ2n) is 3.88. The van der Waals surface area contributed by atoms with Crippen LogP contribution < -0.4 is 10.2 Å². The number of anilines is 1. The normalized spacial score (nSPS) is 15.7.